The normalized spacial score (nSPS) is 15.9. The third-order valence-corrected chi connectivity index (χ3v) is 12.2. The van der Waals surface area contributed by atoms with Crippen LogP contribution in [0, 0.1) is 12.1 Å². The summed E-state index contributed by atoms with van der Waals surface area (Å²) in [5.41, 5.74) is 4.36. The molecule has 8 aromatic carbocycles. The minimum absolute atomic E-state index is 0.165. The Hall–Kier alpha value is -7.84. The van der Waals surface area contributed by atoms with Crippen molar-refractivity contribution >= 4 is 12.6 Å². The zero-order valence-electron chi connectivity index (χ0n) is 35.3. The van der Waals surface area contributed by atoms with Gasteiger partial charge in [-0.05, 0) is 35.4 Å². The summed E-state index contributed by atoms with van der Waals surface area (Å²) >= 11 is 2.75. The van der Waals surface area contributed by atoms with Crippen molar-refractivity contribution in [3.63, 3.8) is 0 Å². The number of carbonyl (C=O) groups is 2. The van der Waals surface area contributed by atoms with Gasteiger partial charge in [0.15, 0.2) is 0 Å². The number of rotatable bonds is 6. The van der Waals surface area contributed by atoms with Crippen molar-refractivity contribution in [2.45, 2.75) is 23.7 Å². The van der Waals surface area contributed by atoms with Gasteiger partial charge in [0.2, 0.25) is 0 Å². The summed E-state index contributed by atoms with van der Waals surface area (Å²) in [6, 6.07) is 43.5. The second-order valence-corrected chi connectivity index (χ2v) is 15.8. The van der Waals surface area contributed by atoms with E-state index in [1.165, 1.54) is 50.6 Å². The van der Waals surface area contributed by atoms with Crippen molar-refractivity contribution in [1.29, 1.82) is 0 Å². The fourth-order valence-corrected chi connectivity index (χ4v) is 9.12. The van der Waals surface area contributed by atoms with Crippen molar-refractivity contribution in [3.05, 3.63) is 236 Å². The van der Waals surface area contributed by atoms with Crippen molar-refractivity contribution in [2.24, 2.45) is 0 Å². The molecule has 8 bridgehead atoms. The molecule has 9 rings (SSSR count). The van der Waals surface area contributed by atoms with E-state index in [-0.39, 0.29) is 90.5 Å². The van der Waals surface area contributed by atoms with E-state index in [2.05, 4.69) is 12.1 Å². The van der Waals surface area contributed by atoms with E-state index in [1.807, 2.05) is 0 Å². The molecule has 0 aliphatic heterocycles. The number of hydrogen-bond acceptors (Lipinski definition) is 12. The van der Waals surface area contributed by atoms with Crippen molar-refractivity contribution in [3.8, 4) is 46.0 Å². The Morgan fingerprint density at radius 3 is 0.691 bits per heavy atom. The van der Waals surface area contributed by atoms with Gasteiger partial charge in [0.1, 0.15) is 58.6 Å². The third-order valence-electron chi connectivity index (χ3n) is 12.2. The summed E-state index contributed by atoms with van der Waals surface area (Å²) in [5.74, 6) is -7.03. The number of aldehydes is 2. The van der Waals surface area contributed by atoms with Crippen LogP contribution < -0.4 is 0 Å². The van der Waals surface area contributed by atoms with E-state index in [0.29, 0.717) is 46.0 Å². The van der Waals surface area contributed by atoms with Gasteiger partial charge >= 0.3 is 40.1 Å². The molecule has 1 aliphatic rings. The van der Waals surface area contributed by atoms with E-state index in [1.54, 1.807) is 121 Å². The summed E-state index contributed by atoms with van der Waals surface area (Å²) < 4.78 is 16.2. The first-order valence-corrected chi connectivity index (χ1v) is 21.6. The molecule has 0 heterocycles. The van der Waals surface area contributed by atoms with Crippen LogP contribution in [-0.4, -0.2) is 53.4 Å². The first-order valence-electron chi connectivity index (χ1n) is 20.5. The van der Waals surface area contributed by atoms with Crippen molar-refractivity contribution in [1.82, 2.24) is 0 Å². The standard InChI is InChI=1S/C54H38O10.2Cr.2O/c55-27-29-11-15-33(16-12-29)53-39-20-37(45(59)24-47(39)61)51(31-7-3-1-4-8-31)35-19-36(44(58)23-43(35)57)52(32-9-5-2-6-10-32)38-21-40(48(62)25-46(38)60)54(34-17-13-30(28-56)14-18-34)42-22-41(53)49(63)26-50(42)64;;;;/h3-28,51-54,57-64H;;;;/q-2;;;;. The fourth-order valence-electron chi connectivity index (χ4n) is 9.12. The van der Waals surface area contributed by atoms with Crippen LogP contribution in [0.1, 0.15) is 111 Å². The van der Waals surface area contributed by atoms with Crippen LogP contribution in [0.2, 0.25) is 0 Å². The summed E-state index contributed by atoms with van der Waals surface area (Å²) in [6.45, 7) is 0. The Morgan fingerprint density at radius 1 is 0.309 bits per heavy atom. The van der Waals surface area contributed by atoms with Gasteiger partial charge in [-0.15, -0.1) is 11.1 Å². The van der Waals surface area contributed by atoms with Crippen LogP contribution in [0.25, 0.3) is 0 Å². The predicted molar refractivity (Wildman–Crippen MR) is 238 cm³/mol. The maximum atomic E-state index is 11.9. The Morgan fingerprint density at radius 2 is 0.500 bits per heavy atom. The van der Waals surface area contributed by atoms with Crippen molar-refractivity contribution in [2.75, 3.05) is 0 Å². The van der Waals surface area contributed by atoms with Gasteiger partial charge < -0.3 is 40.9 Å². The number of phenols is 8. The molecular formula is C54H38Cr2O12-2. The number of aromatic hydroxyl groups is 8. The first kappa shape index (κ1) is 48.1. The van der Waals surface area contributed by atoms with Crippen LogP contribution >= 0.6 is 0 Å². The van der Waals surface area contributed by atoms with Gasteiger partial charge in [0.25, 0.3) is 0 Å². The second-order valence-electron chi connectivity index (χ2n) is 15.8. The molecule has 14 heteroatoms. The SMILES string of the molecule is O=Cc1ccc(C2c3cc(c(O)cc3O)C(c3cc[c-]cc3)c3cc(c(O)cc3O)C(c3cc[c-]cc3)c3cc(c(O)cc3O)C(c3ccc(C=O)cc3)c3cc2c(O)cc3O)cc1.[O]=[Cr].[O]=[Cr]. The Bertz CT molecular complexity index is 2930. The molecule has 0 saturated heterocycles. The quantitative estimate of drug-likeness (QED) is 0.0576. The number of benzene rings is 8. The van der Waals surface area contributed by atoms with Gasteiger partial charge in [-0.25, -0.2) is 0 Å². The Balaban J connectivity index is 0.00000167. The molecule has 0 radical (unpaired) electrons. The molecule has 12 nitrogen and oxygen atoms in total. The zero-order valence-corrected chi connectivity index (χ0v) is 37.9. The summed E-state index contributed by atoms with van der Waals surface area (Å²) in [6.07, 6.45) is 1.35. The first-order chi connectivity index (χ1) is 32.9. The molecule has 0 fully saturated rings. The molecule has 0 spiro atoms. The van der Waals surface area contributed by atoms with Gasteiger partial charge in [-0.2, -0.15) is 60.7 Å². The second kappa shape index (κ2) is 20.8. The average Bonchev–Trinajstić information content (AvgIpc) is 3.36. The van der Waals surface area contributed by atoms with Crippen LogP contribution in [0.3, 0.4) is 0 Å². The predicted octanol–water partition coefficient (Wildman–Crippen LogP) is 9.35. The van der Waals surface area contributed by atoms with Gasteiger partial charge in [-0.1, -0.05) is 48.5 Å². The summed E-state index contributed by atoms with van der Waals surface area (Å²) in [5, 5.41) is 95.1. The van der Waals surface area contributed by atoms with E-state index < -0.39 is 23.7 Å². The van der Waals surface area contributed by atoms with E-state index >= 15 is 0 Å². The maximum absolute atomic E-state index is 11.9. The molecule has 4 atom stereocenters. The molecular weight excluding hydrogens is 945 g/mol. The van der Waals surface area contributed by atoms with Gasteiger partial charge in [0, 0.05) is 104 Å². The topological polar surface area (TPSA) is 230 Å². The molecule has 8 aromatic rings. The number of phenolic OH excluding ortho intramolecular Hbond substituents is 8. The number of carbonyl (C=O) groups excluding carboxylic acids is 2. The van der Waals surface area contributed by atoms with E-state index in [0.717, 1.165) is 6.07 Å². The minimum atomic E-state index is -1.07. The average molecular weight is 983 g/mol. The van der Waals surface area contributed by atoms with Gasteiger partial charge in [0.05, 0.1) is 0 Å². The molecule has 0 aromatic heterocycles. The molecule has 68 heavy (non-hydrogen) atoms. The van der Waals surface area contributed by atoms with E-state index in [4.69, 9.17) is 7.61 Å². The summed E-state index contributed by atoms with van der Waals surface area (Å²) in [4.78, 5) is 23.6. The number of fused-ring (bicyclic) bond motifs is 8. The van der Waals surface area contributed by atoms with Crippen LogP contribution in [-0.2, 0) is 40.1 Å². The molecule has 8 N–H and O–H groups in total. The molecule has 4 unspecified atom stereocenters. The molecule has 0 saturated carbocycles. The third kappa shape index (κ3) is 9.15. The van der Waals surface area contributed by atoms with Crippen molar-refractivity contribution < 1.29 is 90.5 Å². The van der Waals surface area contributed by atoms with E-state index in [9.17, 15) is 50.4 Å². The number of hydrogen-bond donors (Lipinski definition) is 8. The molecule has 1 aliphatic carbocycles. The van der Waals surface area contributed by atoms with Crippen LogP contribution in [0.5, 0.6) is 46.0 Å². The molecule has 340 valence electrons. The Kier molecular flexibility index (Phi) is 14.7. The van der Waals surface area contributed by atoms with Gasteiger partial charge in [-0.3, -0.25) is 9.59 Å². The Labute approximate surface area is 406 Å². The van der Waals surface area contributed by atoms with Crippen LogP contribution in [0.4, 0.5) is 0 Å². The summed E-state index contributed by atoms with van der Waals surface area (Å²) in [7, 11) is 0. The van der Waals surface area contributed by atoms with Crippen LogP contribution in [0.15, 0.2) is 146 Å². The zero-order chi connectivity index (χ0) is 48.8. The monoisotopic (exact) mass is 982 g/mol. The fraction of sp³-hybridized carbons (Fsp3) is 0.0741. The molecule has 0 amide bonds.